The maximum Gasteiger partial charge on any atom is 0.511 e. The number of rotatable bonds is 6. The molecule has 0 bridgehead atoms. The molecule has 39 heavy (non-hydrogen) atoms. The number of nitrogens with one attached hydrogen (secondary N) is 1. The van der Waals surface area contributed by atoms with E-state index in [1.807, 2.05) is 6.92 Å². The second-order valence-corrected chi connectivity index (χ2v) is 10.8. The van der Waals surface area contributed by atoms with Gasteiger partial charge in [0.05, 0.1) is 30.0 Å². The zero-order valence-corrected chi connectivity index (χ0v) is 21.5. The summed E-state index contributed by atoms with van der Waals surface area (Å²) in [7, 11) is -5.55. The number of carbonyl (C=O) groups excluding carboxylic acids is 1. The molecule has 0 unspecified atom stereocenters. The van der Waals surface area contributed by atoms with E-state index in [1.165, 1.54) is 27.7 Å². The lowest BCUT2D eigenvalue weighted by Crippen LogP contribution is -2.44. The third kappa shape index (κ3) is 4.92. The molecule has 5 heterocycles. The molecule has 1 aliphatic heterocycles. The van der Waals surface area contributed by atoms with Crippen molar-refractivity contribution in [2.75, 3.05) is 6.54 Å². The Morgan fingerprint density at radius 2 is 1.95 bits per heavy atom. The zero-order valence-electron chi connectivity index (χ0n) is 19.9. The number of hydrogen-bond acceptors (Lipinski definition) is 8. The predicted molar refractivity (Wildman–Crippen MR) is 127 cm³/mol. The minimum atomic E-state index is -5.55. The van der Waals surface area contributed by atoms with Crippen LogP contribution in [0.4, 0.5) is 17.6 Å². The molecule has 4 aromatic heterocycles. The van der Waals surface area contributed by atoms with Crippen molar-refractivity contribution < 1.29 is 30.8 Å². The van der Waals surface area contributed by atoms with Crippen molar-refractivity contribution >= 4 is 33.3 Å². The predicted octanol–water partition coefficient (Wildman–Crippen LogP) is 2.33. The van der Waals surface area contributed by atoms with Crippen LogP contribution in [0.5, 0.6) is 0 Å². The van der Waals surface area contributed by atoms with Gasteiger partial charge < -0.3 is 5.32 Å². The maximum absolute atomic E-state index is 14.9. The summed E-state index contributed by atoms with van der Waals surface area (Å²) in [6.07, 6.45) is 4.66. The normalized spacial score (nSPS) is 14.5. The van der Waals surface area contributed by atoms with E-state index in [9.17, 15) is 30.8 Å². The van der Waals surface area contributed by atoms with Gasteiger partial charge in [-0.25, -0.2) is 37.4 Å². The zero-order chi connectivity index (χ0) is 28.1. The van der Waals surface area contributed by atoms with Crippen molar-refractivity contribution in [2.24, 2.45) is 0 Å². The Kier molecular flexibility index (Phi) is 6.76. The number of carbonyl (C=O) groups is 1. The molecule has 0 atom stereocenters. The summed E-state index contributed by atoms with van der Waals surface area (Å²) < 4.78 is 80.0. The van der Waals surface area contributed by atoms with Crippen LogP contribution in [0, 0.1) is 5.82 Å². The summed E-state index contributed by atoms with van der Waals surface area (Å²) in [5.74, 6) is -1.34. The van der Waals surface area contributed by atoms with Crippen molar-refractivity contribution in [3.05, 3.63) is 58.3 Å². The van der Waals surface area contributed by atoms with Crippen molar-refractivity contribution in [3.63, 3.8) is 0 Å². The highest BCUT2D eigenvalue weighted by Crippen LogP contribution is 2.30. The van der Waals surface area contributed by atoms with E-state index in [1.54, 1.807) is 0 Å². The lowest BCUT2D eigenvalue weighted by Gasteiger charge is -2.26. The molecule has 0 saturated carbocycles. The topological polar surface area (TPSA) is 140 Å². The fraction of sp³-hybridized carbons (Fsp3) is 0.333. The molecule has 5 rings (SSSR count). The van der Waals surface area contributed by atoms with Crippen molar-refractivity contribution in [1.82, 2.24) is 43.7 Å². The molecule has 18 heteroatoms. The van der Waals surface area contributed by atoms with Gasteiger partial charge in [-0.15, -0.1) is 5.10 Å². The summed E-state index contributed by atoms with van der Waals surface area (Å²) in [6.45, 7) is 0.385. The monoisotopic (exact) mass is 587 g/mol. The van der Waals surface area contributed by atoms with E-state index >= 15 is 0 Å². The molecule has 0 radical (unpaired) electrons. The molecule has 0 aromatic carbocycles. The van der Waals surface area contributed by atoms with Gasteiger partial charge in [0.2, 0.25) is 11.6 Å². The third-order valence-corrected chi connectivity index (χ3v) is 7.66. The fourth-order valence-electron chi connectivity index (χ4n) is 4.01. The number of imidazole rings is 1. The van der Waals surface area contributed by atoms with Gasteiger partial charge in [0, 0.05) is 25.5 Å². The quantitative estimate of drug-likeness (QED) is 0.339. The van der Waals surface area contributed by atoms with Crippen LogP contribution in [0.2, 0.25) is 5.02 Å². The van der Waals surface area contributed by atoms with Crippen LogP contribution in [-0.4, -0.2) is 64.8 Å². The first-order valence-corrected chi connectivity index (χ1v) is 13.2. The van der Waals surface area contributed by atoms with Gasteiger partial charge in [-0.2, -0.15) is 17.5 Å². The number of pyridine rings is 1. The van der Waals surface area contributed by atoms with Gasteiger partial charge >= 0.3 is 15.5 Å². The van der Waals surface area contributed by atoms with Gasteiger partial charge in [-0.1, -0.05) is 18.5 Å². The summed E-state index contributed by atoms with van der Waals surface area (Å²) in [4.78, 5) is 29.4. The van der Waals surface area contributed by atoms with Gasteiger partial charge in [0.25, 0.3) is 5.91 Å². The number of halogens is 5. The smallest absolute Gasteiger partial charge is 0.347 e. The van der Waals surface area contributed by atoms with Gasteiger partial charge in [0.15, 0.2) is 5.82 Å². The van der Waals surface area contributed by atoms with Crippen LogP contribution in [0.25, 0.3) is 17.3 Å². The largest absolute Gasteiger partial charge is 0.511 e. The van der Waals surface area contributed by atoms with Crippen LogP contribution in [-0.2, 0) is 36.1 Å². The van der Waals surface area contributed by atoms with E-state index in [0.29, 0.717) is 28.5 Å². The molecular formula is C21H18ClF4N9O3S. The van der Waals surface area contributed by atoms with Crippen LogP contribution in [0.3, 0.4) is 0 Å². The molecule has 0 spiro atoms. The standard InChI is InChI=1S/C21H18ClF4N9O3S/c1-2-14-17(34-9-12(22)8-29-20(34)30-14)19(36)28-7-11-5-13(23)16(27-6-11)18-31-15-10-33(3-4-35(15)32-18)39(37,38)21(24,25)26/h5-6,8-9H,2-4,7,10H2,1H3,(H,28,36). The Hall–Kier alpha value is -3.70. The Labute approximate surface area is 222 Å². The number of fused-ring (bicyclic) bond motifs is 2. The van der Waals surface area contributed by atoms with E-state index in [0.717, 1.165) is 6.07 Å². The number of aryl methyl sites for hydroxylation is 1. The number of aromatic nitrogens is 7. The maximum atomic E-state index is 14.9. The highest BCUT2D eigenvalue weighted by atomic mass is 35.5. The molecule has 4 aromatic rings. The Balaban J connectivity index is 1.32. The van der Waals surface area contributed by atoms with E-state index < -0.39 is 40.3 Å². The number of amides is 1. The van der Waals surface area contributed by atoms with E-state index in [-0.39, 0.29) is 40.4 Å². The molecule has 1 N–H and O–H groups in total. The second-order valence-electron chi connectivity index (χ2n) is 8.42. The molecule has 0 saturated heterocycles. The molecule has 1 amide bonds. The first-order valence-electron chi connectivity index (χ1n) is 11.3. The number of nitrogens with zero attached hydrogens (tertiary/aromatic N) is 8. The molecule has 0 fully saturated rings. The fourth-order valence-corrected chi connectivity index (χ4v) is 5.06. The summed E-state index contributed by atoms with van der Waals surface area (Å²) in [5, 5.41) is 7.04. The Bertz CT molecular complexity index is 1700. The Morgan fingerprint density at radius 1 is 1.18 bits per heavy atom. The minimum absolute atomic E-state index is 0.0871. The number of sulfonamides is 1. The summed E-state index contributed by atoms with van der Waals surface area (Å²) in [6, 6.07) is 1.11. The van der Waals surface area contributed by atoms with Crippen molar-refractivity contribution in [2.45, 2.75) is 38.5 Å². The van der Waals surface area contributed by atoms with Crippen LogP contribution in [0.1, 0.15) is 34.5 Å². The summed E-state index contributed by atoms with van der Waals surface area (Å²) >= 11 is 6.00. The lowest BCUT2D eigenvalue weighted by atomic mass is 10.2. The molecule has 12 nitrogen and oxygen atoms in total. The van der Waals surface area contributed by atoms with Crippen LogP contribution >= 0.6 is 11.6 Å². The van der Waals surface area contributed by atoms with Gasteiger partial charge in [0.1, 0.15) is 17.2 Å². The number of hydrogen-bond donors (Lipinski definition) is 1. The van der Waals surface area contributed by atoms with Crippen LogP contribution < -0.4 is 5.32 Å². The Morgan fingerprint density at radius 3 is 2.64 bits per heavy atom. The first-order chi connectivity index (χ1) is 18.4. The SMILES string of the molecule is CCc1nc2ncc(Cl)cn2c1C(=O)NCc1cnc(-c2nc3n(n2)CCN(S(=O)(=O)C(F)(F)F)C3)c(F)c1. The molecular weight excluding hydrogens is 570 g/mol. The van der Waals surface area contributed by atoms with E-state index in [2.05, 4.69) is 30.4 Å². The third-order valence-electron chi connectivity index (χ3n) is 5.89. The molecule has 0 aliphatic carbocycles. The van der Waals surface area contributed by atoms with Crippen molar-refractivity contribution in [1.29, 1.82) is 0 Å². The average Bonchev–Trinajstić information content (AvgIpc) is 3.47. The number of alkyl halides is 3. The average molecular weight is 588 g/mol. The highest BCUT2D eigenvalue weighted by molar-refractivity contribution is 7.89. The van der Waals surface area contributed by atoms with E-state index in [4.69, 9.17) is 11.6 Å². The minimum Gasteiger partial charge on any atom is -0.347 e. The van der Waals surface area contributed by atoms with Gasteiger partial charge in [-0.3, -0.25) is 9.20 Å². The lowest BCUT2D eigenvalue weighted by molar-refractivity contribution is -0.0496. The van der Waals surface area contributed by atoms with Crippen molar-refractivity contribution in [3.8, 4) is 11.5 Å². The summed E-state index contributed by atoms with van der Waals surface area (Å²) in [5.41, 5.74) is -4.70. The second kappa shape index (κ2) is 9.80. The van der Waals surface area contributed by atoms with Crippen LogP contribution in [0.15, 0.2) is 24.7 Å². The molecule has 206 valence electrons. The first kappa shape index (κ1) is 26.9. The van der Waals surface area contributed by atoms with Gasteiger partial charge in [-0.05, 0) is 18.1 Å². The highest BCUT2D eigenvalue weighted by Gasteiger charge is 2.50. The molecule has 1 aliphatic rings.